The molecule has 3 rings (SSSR count). The van der Waals surface area contributed by atoms with Gasteiger partial charge in [-0.1, -0.05) is 48.5 Å². The van der Waals surface area contributed by atoms with Crippen LogP contribution in [0.1, 0.15) is 43.1 Å². The number of primary amides is 1. The summed E-state index contributed by atoms with van der Waals surface area (Å²) in [6.45, 7) is 5.56. The maximum atomic E-state index is 13.4. The number of rotatable bonds is 13. The Kier molecular flexibility index (Phi) is 11.9. The van der Waals surface area contributed by atoms with Crippen molar-refractivity contribution in [2.45, 2.75) is 62.2 Å². The first kappa shape index (κ1) is 33.4. The summed E-state index contributed by atoms with van der Waals surface area (Å²) in [6, 6.07) is 14.2. The van der Waals surface area contributed by atoms with E-state index in [1.165, 1.54) is 30.1 Å². The van der Waals surface area contributed by atoms with Crippen LogP contribution in [-0.2, 0) is 20.8 Å². The Morgan fingerprint density at radius 2 is 1.67 bits per heavy atom. The normalized spacial score (nSPS) is 15.1. The van der Waals surface area contributed by atoms with Crippen LogP contribution in [0.15, 0.2) is 83.4 Å². The fraction of sp³-hybridized carbons (Fsp3) is 0.355. The first-order valence-electron chi connectivity index (χ1n) is 13.8. The number of nitrogens with zero attached hydrogens (tertiary/aromatic N) is 1. The van der Waals surface area contributed by atoms with Crippen molar-refractivity contribution in [2.75, 3.05) is 12.3 Å². The molecule has 0 bridgehead atoms. The predicted molar refractivity (Wildman–Crippen MR) is 164 cm³/mol. The van der Waals surface area contributed by atoms with E-state index in [4.69, 9.17) is 5.73 Å². The molecule has 0 saturated carbocycles. The molecule has 1 aliphatic heterocycles. The van der Waals surface area contributed by atoms with Crippen molar-refractivity contribution in [3.63, 3.8) is 0 Å². The van der Waals surface area contributed by atoms with Crippen LogP contribution in [0.25, 0.3) is 0 Å². The molecule has 230 valence electrons. The monoisotopic (exact) mass is 609 g/mol. The summed E-state index contributed by atoms with van der Waals surface area (Å²) in [7, 11) is 0. The molecule has 0 aliphatic carbocycles. The third kappa shape index (κ3) is 10.9. The van der Waals surface area contributed by atoms with Crippen molar-refractivity contribution in [2.24, 2.45) is 5.73 Å². The number of benzene rings is 2. The lowest BCUT2D eigenvalue weighted by atomic mass is 10.0. The van der Waals surface area contributed by atoms with Crippen LogP contribution >= 0.6 is 11.8 Å². The van der Waals surface area contributed by atoms with E-state index < -0.39 is 47.9 Å². The lowest BCUT2D eigenvalue weighted by Gasteiger charge is -2.27. The number of nitrogens with two attached hydrogens (primary N) is 1. The van der Waals surface area contributed by atoms with Crippen LogP contribution in [0.3, 0.4) is 0 Å². The molecule has 0 aromatic heterocycles. The van der Waals surface area contributed by atoms with E-state index in [0.717, 1.165) is 10.6 Å². The molecule has 1 aliphatic rings. The summed E-state index contributed by atoms with van der Waals surface area (Å²) < 4.78 is 0. The average molecular weight is 610 g/mol. The molecule has 0 fully saturated rings. The summed E-state index contributed by atoms with van der Waals surface area (Å²) in [5.74, 6) is -2.25. The number of allylic oxidation sites excluding steroid dienone is 2. The molecule has 43 heavy (non-hydrogen) atoms. The van der Waals surface area contributed by atoms with Gasteiger partial charge < -0.3 is 26.8 Å². The number of carbonyl (C=O) groups is 4. The molecule has 0 unspecified atom stereocenters. The smallest absolute Gasteiger partial charge is 0.252 e. The van der Waals surface area contributed by atoms with Crippen LogP contribution in [-0.4, -0.2) is 75.0 Å². The second-order valence-corrected chi connectivity index (χ2v) is 12.3. The first-order chi connectivity index (χ1) is 20.3. The Morgan fingerprint density at radius 1 is 1.00 bits per heavy atom. The molecular weight excluding hydrogens is 570 g/mol. The van der Waals surface area contributed by atoms with Gasteiger partial charge in [-0.25, -0.2) is 0 Å². The maximum Gasteiger partial charge on any atom is 0.252 e. The van der Waals surface area contributed by atoms with Gasteiger partial charge in [0.1, 0.15) is 6.04 Å². The van der Waals surface area contributed by atoms with E-state index in [2.05, 4.69) is 16.0 Å². The molecule has 4 amide bonds. The summed E-state index contributed by atoms with van der Waals surface area (Å²) in [4.78, 5) is 51.6. The molecule has 3 atom stereocenters. The van der Waals surface area contributed by atoms with Crippen molar-refractivity contribution in [3.8, 4) is 0 Å². The highest BCUT2D eigenvalue weighted by Crippen LogP contribution is 2.25. The maximum absolute atomic E-state index is 13.4. The lowest BCUT2D eigenvalue weighted by Crippen LogP contribution is -2.55. The van der Waals surface area contributed by atoms with Crippen LogP contribution in [0, 0.1) is 0 Å². The van der Waals surface area contributed by atoms with Gasteiger partial charge in [-0.05, 0) is 51.0 Å². The van der Waals surface area contributed by atoms with Crippen LogP contribution in [0.2, 0.25) is 0 Å². The molecule has 0 saturated heterocycles. The van der Waals surface area contributed by atoms with Crippen molar-refractivity contribution in [1.82, 2.24) is 21.0 Å². The van der Waals surface area contributed by atoms with Gasteiger partial charge in [0.05, 0.1) is 30.7 Å². The van der Waals surface area contributed by atoms with Gasteiger partial charge in [0.2, 0.25) is 17.7 Å². The molecule has 2 aromatic rings. The average Bonchev–Trinajstić information content (AvgIpc) is 2.94. The minimum absolute atomic E-state index is 0.102. The Bertz CT molecular complexity index is 1360. The molecule has 0 radical (unpaired) electrons. The molecule has 7 N–H and O–H groups in total. The summed E-state index contributed by atoms with van der Waals surface area (Å²) >= 11 is 1.28. The van der Waals surface area contributed by atoms with Gasteiger partial charge in [-0.15, -0.1) is 11.8 Å². The van der Waals surface area contributed by atoms with E-state index in [0.29, 0.717) is 10.5 Å². The summed E-state index contributed by atoms with van der Waals surface area (Å²) in [6.07, 6.45) is 3.03. The Morgan fingerprint density at radius 3 is 2.33 bits per heavy atom. The van der Waals surface area contributed by atoms with Gasteiger partial charge in [0, 0.05) is 28.0 Å². The second kappa shape index (κ2) is 15.4. The number of hydroxylamine groups is 2. The lowest BCUT2D eigenvalue weighted by molar-refractivity contribution is -0.131. The van der Waals surface area contributed by atoms with Crippen molar-refractivity contribution in [3.05, 3.63) is 89.6 Å². The molecule has 2 aromatic carbocycles. The zero-order valence-electron chi connectivity index (χ0n) is 24.4. The second-order valence-electron chi connectivity index (χ2n) is 11.2. The number of hydrogen-bond acceptors (Lipinski definition) is 8. The largest absolute Gasteiger partial charge is 0.390 e. The van der Waals surface area contributed by atoms with Gasteiger partial charge in [-0.2, -0.15) is 0 Å². The fourth-order valence-electron chi connectivity index (χ4n) is 4.26. The number of amides is 4. The van der Waals surface area contributed by atoms with Crippen LogP contribution in [0.5, 0.6) is 0 Å². The van der Waals surface area contributed by atoms with Gasteiger partial charge in [-0.3, -0.25) is 29.4 Å². The van der Waals surface area contributed by atoms with Gasteiger partial charge in [0.15, 0.2) is 0 Å². The number of hydrogen-bond donors (Lipinski definition) is 6. The third-order valence-electron chi connectivity index (χ3n) is 6.33. The molecular formula is C31H39N5O6S. The zero-order chi connectivity index (χ0) is 31.6. The van der Waals surface area contributed by atoms with E-state index in [1.807, 2.05) is 51.1 Å². The summed E-state index contributed by atoms with van der Waals surface area (Å²) in [5, 5.41) is 30.1. The van der Waals surface area contributed by atoms with E-state index >= 15 is 0 Å². The Hall–Kier alpha value is -4.13. The number of carbonyl (C=O) groups excluding carboxylic acids is 4. The molecule has 1 heterocycles. The van der Waals surface area contributed by atoms with E-state index in [9.17, 15) is 29.5 Å². The van der Waals surface area contributed by atoms with Crippen molar-refractivity contribution >= 4 is 35.4 Å². The number of aliphatic hydroxyl groups is 1. The Labute approximate surface area is 255 Å². The highest BCUT2D eigenvalue weighted by Gasteiger charge is 2.30. The predicted octanol–water partition coefficient (Wildman–Crippen LogP) is 1.90. The quantitative estimate of drug-likeness (QED) is 0.187. The number of thioether (sulfide) groups is 1. The third-order valence-corrected chi connectivity index (χ3v) is 7.50. The highest BCUT2D eigenvalue weighted by molar-refractivity contribution is 7.99. The fourth-order valence-corrected chi connectivity index (χ4v) is 5.33. The SMILES string of the molecule is CC(C)(C)NC(=O)c1ccccc1SC[C@H](O)[C@H](Cc1ccccc1)NC(=O)[C@H](CC(N)=O)NC(=O)C1=CC=CN(O)C1. The van der Waals surface area contributed by atoms with Gasteiger partial charge >= 0.3 is 0 Å². The van der Waals surface area contributed by atoms with Crippen molar-refractivity contribution in [1.29, 1.82) is 0 Å². The molecule has 11 nitrogen and oxygen atoms in total. The topological polar surface area (TPSA) is 174 Å². The molecule has 0 spiro atoms. The molecule has 12 heteroatoms. The van der Waals surface area contributed by atoms with Crippen LogP contribution in [0.4, 0.5) is 0 Å². The van der Waals surface area contributed by atoms with E-state index in [-0.39, 0.29) is 30.2 Å². The first-order valence-corrected chi connectivity index (χ1v) is 14.8. The van der Waals surface area contributed by atoms with Gasteiger partial charge in [0.25, 0.3) is 5.91 Å². The number of aliphatic hydroxyl groups excluding tert-OH is 1. The Balaban J connectivity index is 1.77. The number of nitrogens with one attached hydrogen (secondary N) is 3. The highest BCUT2D eigenvalue weighted by atomic mass is 32.2. The minimum atomic E-state index is -1.32. The zero-order valence-corrected chi connectivity index (χ0v) is 25.3. The van der Waals surface area contributed by atoms with Crippen LogP contribution < -0.4 is 21.7 Å². The van der Waals surface area contributed by atoms with Crippen molar-refractivity contribution < 1.29 is 29.5 Å². The minimum Gasteiger partial charge on any atom is -0.390 e. The van der Waals surface area contributed by atoms with E-state index in [1.54, 1.807) is 24.3 Å². The standard InChI is InChI=1S/C31H39N5O6S/c1-31(2,3)35-29(40)22-13-7-8-14-26(22)43-19-25(37)23(16-20-10-5-4-6-11-20)33-30(41)24(17-27(32)38)34-28(39)21-12-9-15-36(42)18-21/h4-15,23-25,37,42H,16-19H2,1-3H3,(H2,32,38)(H,33,41)(H,34,39)(H,35,40)/t23-,24-,25-/m0/s1. The summed E-state index contributed by atoms with van der Waals surface area (Å²) in [5.41, 5.74) is 6.44.